The van der Waals surface area contributed by atoms with E-state index in [1.165, 1.54) is 0 Å². The number of hydrogen-bond acceptors (Lipinski definition) is 7. The molecule has 0 amide bonds. The van der Waals surface area contributed by atoms with Gasteiger partial charge in [-0.3, -0.25) is 0 Å². The molecule has 11 nitrogen and oxygen atoms in total. The Kier molecular flexibility index (Phi) is 4.72. The van der Waals surface area contributed by atoms with E-state index in [2.05, 4.69) is 26.0 Å². The maximum absolute atomic E-state index is 9.81. The van der Waals surface area contributed by atoms with E-state index < -0.39 is 0 Å². The van der Waals surface area contributed by atoms with Crippen molar-refractivity contribution in [1.29, 1.82) is 5.26 Å². The minimum absolute atomic E-state index is 0.195. The second kappa shape index (κ2) is 8.67. The van der Waals surface area contributed by atoms with Gasteiger partial charge in [-0.15, -0.1) is 0 Å². The van der Waals surface area contributed by atoms with Gasteiger partial charge >= 0.3 is 0 Å². The highest BCUT2D eigenvalue weighted by molar-refractivity contribution is 6.03. The van der Waals surface area contributed by atoms with Gasteiger partial charge in [0, 0.05) is 37.7 Å². The van der Waals surface area contributed by atoms with Crippen LogP contribution in [0.5, 0.6) is 0 Å². The normalized spacial score (nSPS) is 12.5. The molecule has 1 aliphatic rings. The predicted molar refractivity (Wildman–Crippen MR) is 170 cm³/mol. The van der Waals surface area contributed by atoms with Crippen molar-refractivity contribution in [1.82, 2.24) is 19.9 Å². The number of aromatic amines is 4. The fourth-order valence-corrected chi connectivity index (χ4v) is 6.07. The Bertz CT molecular complexity index is 2820. The van der Waals surface area contributed by atoms with Gasteiger partial charge in [0.1, 0.15) is 51.3 Å². The molecule has 0 atom stereocenters. The van der Waals surface area contributed by atoms with Crippen molar-refractivity contribution in [2.75, 3.05) is 11.5 Å². The van der Waals surface area contributed by atoms with Crippen LogP contribution in [0, 0.1) is 11.3 Å². The summed E-state index contributed by atoms with van der Waals surface area (Å²) in [4.78, 5) is 33.8. The van der Waals surface area contributed by atoms with E-state index >= 15 is 0 Å². The zero-order valence-electron chi connectivity index (χ0n) is 22.9. The molecule has 9 rings (SSSR count). The van der Waals surface area contributed by atoms with Gasteiger partial charge in [-0.05, 0) is 6.07 Å². The maximum Gasteiger partial charge on any atom is 0.144 e. The van der Waals surface area contributed by atoms with Crippen LogP contribution in [-0.2, 0) is 0 Å². The van der Waals surface area contributed by atoms with Crippen LogP contribution in [-0.4, -0.2) is 19.9 Å². The van der Waals surface area contributed by atoms with Crippen LogP contribution in [0.3, 0.4) is 0 Å². The summed E-state index contributed by atoms with van der Waals surface area (Å²) >= 11 is 0. The average molecular weight is 572 g/mol. The minimum Gasteiger partial charge on any atom is -0.396 e. The van der Waals surface area contributed by atoms with E-state index in [9.17, 15) is 5.26 Å². The SMILES string of the molecule is N#Cc1cc2c3[nH]c(c2c(N)c1N)=Nc1[nH]c(c2ccccc12)N=c1[nH]c(c2ccccc12)=Nc1[nH]c(c2ccccc12)N=3. The number of hydrogen-bond donors (Lipinski definition) is 6. The Morgan fingerprint density at radius 1 is 0.477 bits per heavy atom. The Balaban J connectivity index is 1.52. The smallest absolute Gasteiger partial charge is 0.144 e. The van der Waals surface area contributed by atoms with Gasteiger partial charge in [-0.2, -0.15) is 5.26 Å². The number of H-pyrrole nitrogens is 4. The molecule has 1 aliphatic heterocycles. The number of rotatable bonds is 0. The molecular formula is C33H21N11. The quantitative estimate of drug-likeness (QED) is 0.143. The lowest BCUT2D eigenvalue weighted by atomic mass is 10.1. The molecule has 44 heavy (non-hydrogen) atoms. The summed E-state index contributed by atoms with van der Waals surface area (Å²) in [6.07, 6.45) is 0. The summed E-state index contributed by atoms with van der Waals surface area (Å²) in [6, 6.07) is 27.7. The van der Waals surface area contributed by atoms with Crippen molar-refractivity contribution >= 4 is 77.7 Å². The average Bonchev–Trinajstić information content (AvgIpc) is 3.78. The number of fused-ring (bicyclic) bond motifs is 20. The van der Waals surface area contributed by atoms with Gasteiger partial charge in [0.15, 0.2) is 0 Å². The predicted octanol–water partition coefficient (Wildman–Crippen LogP) is 4.77. The summed E-state index contributed by atoms with van der Waals surface area (Å²) in [5.41, 5.74) is 15.8. The number of nitriles is 1. The van der Waals surface area contributed by atoms with E-state index in [1.807, 2.05) is 72.8 Å². The highest BCUT2D eigenvalue weighted by Gasteiger charge is 2.17. The van der Waals surface area contributed by atoms with Crippen molar-refractivity contribution in [2.45, 2.75) is 0 Å². The number of nitrogens with zero attached hydrogens (tertiary/aromatic N) is 5. The van der Waals surface area contributed by atoms with Crippen molar-refractivity contribution in [3.63, 3.8) is 0 Å². The molecule has 8 N–H and O–H groups in total. The fraction of sp³-hybridized carbons (Fsp3) is 0. The molecule has 0 saturated carbocycles. The first-order valence-electron chi connectivity index (χ1n) is 13.9. The molecule has 0 radical (unpaired) electrons. The number of aromatic nitrogens is 4. The number of nitrogens with two attached hydrogens (primary N) is 2. The van der Waals surface area contributed by atoms with Gasteiger partial charge in [0.2, 0.25) is 0 Å². The Morgan fingerprint density at radius 2 is 0.864 bits per heavy atom. The minimum atomic E-state index is 0.195. The Hall–Kier alpha value is -6.67. The largest absolute Gasteiger partial charge is 0.396 e. The first-order valence-corrected chi connectivity index (χ1v) is 13.9. The third-order valence-corrected chi connectivity index (χ3v) is 8.17. The van der Waals surface area contributed by atoms with Gasteiger partial charge in [0.05, 0.1) is 22.3 Å². The van der Waals surface area contributed by atoms with Gasteiger partial charge in [-0.25, -0.2) is 20.0 Å². The first-order chi connectivity index (χ1) is 21.6. The highest BCUT2D eigenvalue weighted by Crippen LogP contribution is 2.35. The monoisotopic (exact) mass is 571 g/mol. The molecular weight excluding hydrogens is 550 g/mol. The Morgan fingerprint density at radius 3 is 1.32 bits per heavy atom. The van der Waals surface area contributed by atoms with Crippen LogP contribution < -0.4 is 33.4 Å². The van der Waals surface area contributed by atoms with Crippen LogP contribution >= 0.6 is 0 Å². The molecule has 0 unspecified atom stereocenters. The molecule has 4 aromatic heterocycles. The van der Waals surface area contributed by atoms with Gasteiger partial charge < -0.3 is 31.4 Å². The van der Waals surface area contributed by atoms with Gasteiger partial charge in [0.25, 0.3) is 0 Å². The fourth-order valence-electron chi connectivity index (χ4n) is 6.07. The van der Waals surface area contributed by atoms with Crippen LogP contribution in [0.1, 0.15) is 5.56 Å². The van der Waals surface area contributed by atoms with Gasteiger partial charge in [-0.1, -0.05) is 72.8 Å². The molecule has 8 bridgehead atoms. The lowest BCUT2D eigenvalue weighted by Crippen LogP contribution is -2.10. The van der Waals surface area contributed by atoms with Crippen molar-refractivity contribution in [3.05, 3.63) is 106 Å². The number of nitrogens with one attached hydrogen (secondary N) is 4. The second-order valence-corrected chi connectivity index (χ2v) is 10.7. The van der Waals surface area contributed by atoms with Crippen molar-refractivity contribution in [3.8, 4) is 6.07 Å². The number of nitrogen functional groups attached to an aromatic ring is 2. The molecule has 0 saturated heterocycles. The summed E-state index contributed by atoms with van der Waals surface area (Å²) in [7, 11) is 0. The first kappa shape index (κ1) is 24.0. The molecule has 5 heterocycles. The molecule has 0 fully saturated rings. The number of anilines is 2. The molecule has 208 valence electrons. The van der Waals surface area contributed by atoms with Crippen LogP contribution in [0.2, 0.25) is 0 Å². The zero-order valence-corrected chi connectivity index (χ0v) is 22.9. The lowest BCUT2D eigenvalue weighted by Gasteiger charge is -2.03. The maximum atomic E-state index is 9.81. The summed E-state index contributed by atoms with van der Waals surface area (Å²) < 4.78 is 0. The zero-order chi connectivity index (χ0) is 29.5. The number of benzene rings is 4. The van der Waals surface area contributed by atoms with Crippen LogP contribution in [0.15, 0.2) is 98.8 Å². The summed E-state index contributed by atoms with van der Waals surface area (Å²) in [5.74, 6) is 2.44. The topological polar surface area (TPSA) is 188 Å². The van der Waals surface area contributed by atoms with E-state index in [0.29, 0.717) is 56.0 Å². The molecule has 8 aromatic rings. The van der Waals surface area contributed by atoms with Crippen molar-refractivity contribution in [2.24, 2.45) is 20.0 Å². The Labute approximate surface area is 246 Å². The standard InChI is InChI=1S/C33H21N11/c34-14-15-13-22-23(25(36)24(15)35)33-43-31-21-12-6-5-11-20(21)29(41-31)39-27-17-8-2-1-7-16(17)26(37-27)38-28-18-9-3-4-10-19(18)30(40-28)42-32(22)44-33/h1-13H,35-36H2,(H4,37,38,39,40,41,42,43,44). The molecule has 0 aliphatic carbocycles. The molecule has 11 heteroatoms. The van der Waals surface area contributed by atoms with E-state index in [-0.39, 0.29) is 16.9 Å². The molecule has 4 aromatic carbocycles. The lowest BCUT2D eigenvalue weighted by molar-refractivity contribution is 1.08. The van der Waals surface area contributed by atoms with E-state index in [0.717, 1.165) is 32.3 Å². The van der Waals surface area contributed by atoms with Crippen LogP contribution in [0.4, 0.5) is 34.6 Å². The summed E-state index contributed by atoms with van der Waals surface area (Å²) in [6.45, 7) is 0. The van der Waals surface area contributed by atoms with Crippen LogP contribution in [0.25, 0.3) is 43.1 Å². The second-order valence-electron chi connectivity index (χ2n) is 10.7. The summed E-state index contributed by atoms with van der Waals surface area (Å²) in [5, 5.41) is 16.4. The third-order valence-electron chi connectivity index (χ3n) is 8.17. The van der Waals surface area contributed by atoms with Crippen molar-refractivity contribution < 1.29 is 0 Å². The van der Waals surface area contributed by atoms with E-state index in [4.69, 9.17) is 31.4 Å². The highest BCUT2D eigenvalue weighted by atomic mass is 15.1. The third kappa shape index (κ3) is 3.30. The van der Waals surface area contributed by atoms with E-state index in [1.54, 1.807) is 6.07 Å². The molecule has 0 spiro atoms.